The van der Waals surface area contributed by atoms with E-state index in [1.165, 1.54) is 29.6 Å². The van der Waals surface area contributed by atoms with E-state index < -0.39 is 10.2 Å². The SMILES string of the molecule is CC(=O)C1CN(C)S(=O)(=O)N(C)C1. The maximum Gasteiger partial charge on any atom is 0.281 e. The predicted molar refractivity (Wildman–Crippen MR) is 48.4 cm³/mol. The molecule has 0 bridgehead atoms. The van der Waals surface area contributed by atoms with E-state index in [9.17, 15) is 13.2 Å². The number of rotatable bonds is 1. The van der Waals surface area contributed by atoms with Gasteiger partial charge in [0.05, 0.1) is 0 Å². The van der Waals surface area contributed by atoms with Gasteiger partial charge in [0.25, 0.3) is 10.2 Å². The van der Waals surface area contributed by atoms with Gasteiger partial charge in [-0.3, -0.25) is 4.79 Å². The summed E-state index contributed by atoms with van der Waals surface area (Å²) in [5.74, 6) is -0.160. The summed E-state index contributed by atoms with van der Waals surface area (Å²) in [5.41, 5.74) is 0. The summed E-state index contributed by atoms with van der Waals surface area (Å²) in [5, 5.41) is 0. The highest BCUT2D eigenvalue weighted by atomic mass is 32.2. The molecule has 0 N–H and O–H groups in total. The van der Waals surface area contributed by atoms with E-state index in [4.69, 9.17) is 0 Å². The van der Waals surface area contributed by atoms with Gasteiger partial charge < -0.3 is 0 Å². The fraction of sp³-hybridized carbons (Fsp3) is 0.857. The molecule has 6 heteroatoms. The van der Waals surface area contributed by atoms with Crippen molar-refractivity contribution in [2.75, 3.05) is 27.2 Å². The molecule has 13 heavy (non-hydrogen) atoms. The maximum atomic E-state index is 11.4. The molecule has 0 aromatic rings. The molecule has 0 aliphatic carbocycles. The Balaban J connectivity index is 2.85. The summed E-state index contributed by atoms with van der Waals surface area (Å²) in [4.78, 5) is 11.1. The van der Waals surface area contributed by atoms with Crippen molar-refractivity contribution in [3.05, 3.63) is 0 Å². The molecular formula is C7H14N2O3S. The summed E-state index contributed by atoms with van der Waals surface area (Å²) in [6.07, 6.45) is 0. The molecule has 0 atom stereocenters. The first-order valence-corrected chi connectivity index (χ1v) is 5.43. The average molecular weight is 206 g/mol. The van der Waals surface area contributed by atoms with E-state index in [1.807, 2.05) is 0 Å². The Hall–Kier alpha value is -0.460. The monoisotopic (exact) mass is 206 g/mol. The molecule has 1 aliphatic rings. The predicted octanol–water partition coefficient (Wildman–Crippen LogP) is -0.686. The van der Waals surface area contributed by atoms with Crippen molar-refractivity contribution in [1.82, 2.24) is 8.61 Å². The van der Waals surface area contributed by atoms with Crippen LogP contribution in [0.1, 0.15) is 6.92 Å². The number of carbonyl (C=O) groups excluding carboxylic acids is 1. The number of carbonyl (C=O) groups is 1. The average Bonchev–Trinajstić information content (AvgIpc) is 2.00. The molecule has 0 aromatic carbocycles. The Morgan fingerprint density at radius 1 is 1.23 bits per heavy atom. The van der Waals surface area contributed by atoms with Gasteiger partial charge >= 0.3 is 0 Å². The van der Waals surface area contributed by atoms with Crippen LogP contribution in [0.25, 0.3) is 0 Å². The summed E-state index contributed by atoms with van der Waals surface area (Å²) >= 11 is 0. The smallest absolute Gasteiger partial charge is 0.281 e. The zero-order valence-corrected chi connectivity index (χ0v) is 8.84. The second-order valence-electron chi connectivity index (χ2n) is 3.38. The van der Waals surface area contributed by atoms with Gasteiger partial charge in [0.2, 0.25) is 0 Å². The Morgan fingerprint density at radius 3 is 1.92 bits per heavy atom. The van der Waals surface area contributed by atoms with E-state index in [2.05, 4.69) is 0 Å². The zero-order chi connectivity index (χ0) is 10.2. The third-order valence-corrected chi connectivity index (χ3v) is 4.19. The Labute approximate surface area is 78.5 Å². The molecular weight excluding hydrogens is 192 g/mol. The normalized spacial score (nSPS) is 26.1. The van der Waals surface area contributed by atoms with Gasteiger partial charge in [-0.1, -0.05) is 0 Å². The minimum absolute atomic E-state index is 0.0357. The van der Waals surface area contributed by atoms with E-state index in [1.54, 1.807) is 0 Å². The summed E-state index contributed by atoms with van der Waals surface area (Å²) < 4.78 is 25.3. The number of Topliss-reactive ketones (excluding diaryl/α,β-unsaturated/α-hetero) is 1. The highest BCUT2D eigenvalue weighted by molar-refractivity contribution is 7.86. The lowest BCUT2D eigenvalue weighted by atomic mass is 10.1. The van der Waals surface area contributed by atoms with Crippen LogP contribution in [0.15, 0.2) is 0 Å². The Bertz CT molecular complexity index is 294. The van der Waals surface area contributed by atoms with Gasteiger partial charge in [-0.25, -0.2) is 0 Å². The standard InChI is InChI=1S/C7H14N2O3S/c1-6(10)7-4-8(2)13(11,12)9(3)5-7/h7H,4-5H2,1-3H3. The number of nitrogens with zero attached hydrogens (tertiary/aromatic N) is 2. The lowest BCUT2D eigenvalue weighted by molar-refractivity contribution is -0.121. The molecule has 1 fully saturated rings. The number of ketones is 1. The van der Waals surface area contributed by atoms with Gasteiger partial charge in [0.15, 0.2) is 0 Å². The quantitative estimate of drug-likeness (QED) is 0.571. The highest BCUT2D eigenvalue weighted by Gasteiger charge is 2.35. The van der Waals surface area contributed by atoms with Crippen molar-refractivity contribution in [3.8, 4) is 0 Å². The summed E-state index contributed by atoms with van der Waals surface area (Å²) in [6.45, 7) is 2.08. The zero-order valence-electron chi connectivity index (χ0n) is 8.02. The minimum Gasteiger partial charge on any atom is -0.300 e. The molecule has 0 spiro atoms. The molecule has 0 unspecified atom stereocenters. The minimum atomic E-state index is -3.29. The van der Waals surface area contributed by atoms with Crippen molar-refractivity contribution < 1.29 is 13.2 Å². The summed E-state index contributed by atoms with van der Waals surface area (Å²) in [7, 11) is -0.318. The molecule has 0 amide bonds. The largest absolute Gasteiger partial charge is 0.300 e. The molecule has 1 rings (SSSR count). The van der Waals surface area contributed by atoms with Gasteiger partial charge in [0, 0.05) is 33.1 Å². The third kappa shape index (κ3) is 1.90. The van der Waals surface area contributed by atoms with Crippen LogP contribution >= 0.6 is 0 Å². The number of hydrogen-bond donors (Lipinski definition) is 0. The molecule has 0 saturated carbocycles. The van der Waals surface area contributed by atoms with E-state index in [-0.39, 0.29) is 11.7 Å². The lowest BCUT2D eigenvalue weighted by Crippen LogP contribution is -2.51. The second kappa shape index (κ2) is 3.36. The Morgan fingerprint density at radius 2 is 1.62 bits per heavy atom. The van der Waals surface area contributed by atoms with Crippen LogP contribution in [0.2, 0.25) is 0 Å². The van der Waals surface area contributed by atoms with Gasteiger partial charge in [-0.05, 0) is 6.92 Å². The van der Waals surface area contributed by atoms with Crippen LogP contribution in [0.4, 0.5) is 0 Å². The number of hydrogen-bond acceptors (Lipinski definition) is 3. The van der Waals surface area contributed by atoms with Crippen molar-refractivity contribution >= 4 is 16.0 Å². The molecule has 0 radical (unpaired) electrons. The fourth-order valence-corrected chi connectivity index (χ4v) is 2.57. The van der Waals surface area contributed by atoms with Gasteiger partial charge in [0.1, 0.15) is 5.78 Å². The third-order valence-electron chi connectivity index (χ3n) is 2.32. The maximum absolute atomic E-state index is 11.4. The van der Waals surface area contributed by atoms with Crippen LogP contribution in [0.5, 0.6) is 0 Å². The van der Waals surface area contributed by atoms with Crippen molar-refractivity contribution in [2.24, 2.45) is 5.92 Å². The highest BCUT2D eigenvalue weighted by Crippen LogP contribution is 2.16. The second-order valence-corrected chi connectivity index (χ2v) is 5.52. The van der Waals surface area contributed by atoms with Crippen LogP contribution in [0.3, 0.4) is 0 Å². The topological polar surface area (TPSA) is 57.7 Å². The van der Waals surface area contributed by atoms with E-state index >= 15 is 0 Å². The molecule has 1 heterocycles. The van der Waals surface area contributed by atoms with E-state index in [0.29, 0.717) is 13.1 Å². The first kappa shape index (κ1) is 10.6. The fourth-order valence-electron chi connectivity index (χ4n) is 1.36. The molecule has 5 nitrogen and oxygen atoms in total. The van der Waals surface area contributed by atoms with Crippen molar-refractivity contribution in [1.29, 1.82) is 0 Å². The Kier molecular flexibility index (Phi) is 2.74. The van der Waals surface area contributed by atoms with Crippen LogP contribution < -0.4 is 0 Å². The van der Waals surface area contributed by atoms with Crippen LogP contribution in [-0.4, -0.2) is 50.0 Å². The first-order chi connectivity index (χ1) is 5.85. The summed E-state index contributed by atoms with van der Waals surface area (Å²) in [6, 6.07) is 0. The molecule has 0 aromatic heterocycles. The van der Waals surface area contributed by atoms with E-state index in [0.717, 1.165) is 0 Å². The molecule has 1 aliphatic heterocycles. The lowest BCUT2D eigenvalue weighted by Gasteiger charge is -2.34. The van der Waals surface area contributed by atoms with Crippen molar-refractivity contribution in [2.45, 2.75) is 6.92 Å². The van der Waals surface area contributed by atoms with Gasteiger partial charge in [-0.2, -0.15) is 17.0 Å². The van der Waals surface area contributed by atoms with Crippen LogP contribution in [-0.2, 0) is 15.0 Å². The first-order valence-electron chi connectivity index (χ1n) is 4.03. The van der Waals surface area contributed by atoms with Crippen LogP contribution in [0, 0.1) is 5.92 Å². The molecule has 1 saturated heterocycles. The van der Waals surface area contributed by atoms with Gasteiger partial charge in [-0.15, -0.1) is 0 Å². The molecule has 76 valence electrons. The van der Waals surface area contributed by atoms with Crippen molar-refractivity contribution in [3.63, 3.8) is 0 Å².